The number of benzene rings is 1. The molecule has 1 aromatic heterocycles. The van der Waals surface area contributed by atoms with Crippen LogP contribution in [0.25, 0.3) is 0 Å². The first kappa shape index (κ1) is 18.1. The van der Waals surface area contributed by atoms with Crippen LogP contribution in [0.15, 0.2) is 35.2 Å². The summed E-state index contributed by atoms with van der Waals surface area (Å²) in [6.45, 7) is 5.01. The molecule has 2 aromatic rings. The highest BCUT2D eigenvalue weighted by molar-refractivity contribution is 7.89. The average molecular weight is 353 g/mol. The van der Waals surface area contributed by atoms with E-state index in [0.29, 0.717) is 24.0 Å². The van der Waals surface area contributed by atoms with Crippen LogP contribution in [0.1, 0.15) is 12.7 Å². The fraction of sp³-hybridized carbons (Fsp3) is 0.333. The van der Waals surface area contributed by atoms with Crippen LogP contribution >= 0.6 is 0 Å². The molecule has 7 nitrogen and oxygen atoms in total. The van der Waals surface area contributed by atoms with Gasteiger partial charge in [-0.1, -0.05) is 0 Å². The molecule has 0 atom stereocenters. The number of hydrogen-bond acceptors (Lipinski definition) is 6. The molecule has 0 spiro atoms. The first-order valence-electron chi connectivity index (χ1n) is 7.49. The fourth-order valence-corrected chi connectivity index (χ4v) is 3.03. The highest BCUT2D eigenvalue weighted by Gasteiger charge is 2.13. The standard InChI is InChI=1S/C15H20FN5O2S/c1-3-17-14-10-15(21-11(2)20-14)18-8-9-19-24(22,23)13-6-4-12(16)5-7-13/h4-7,10,19H,3,8-9H2,1-2H3,(H2,17,18,20,21). The SMILES string of the molecule is CCNc1cc(NCCNS(=O)(=O)c2ccc(F)cc2)nc(C)n1. The van der Waals surface area contributed by atoms with E-state index in [4.69, 9.17) is 0 Å². The minimum absolute atomic E-state index is 0.0243. The lowest BCUT2D eigenvalue weighted by atomic mass is 10.4. The molecule has 0 radical (unpaired) electrons. The molecule has 2 rings (SSSR count). The number of rotatable bonds is 8. The molecule has 0 amide bonds. The summed E-state index contributed by atoms with van der Waals surface area (Å²) in [5.74, 6) is 1.45. The van der Waals surface area contributed by atoms with E-state index >= 15 is 0 Å². The monoisotopic (exact) mass is 353 g/mol. The van der Waals surface area contributed by atoms with Gasteiger partial charge in [-0.15, -0.1) is 0 Å². The molecule has 0 bridgehead atoms. The molecule has 3 N–H and O–H groups in total. The minimum atomic E-state index is -3.66. The van der Waals surface area contributed by atoms with Crippen LogP contribution in [0.5, 0.6) is 0 Å². The Balaban J connectivity index is 1.89. The zero-order valence-electron chi connectivity index (χ0n) is 13.5. The molecule has 0 saturated heterocycles. The lowest BCUT2D eigenvalue weighted by Crippen LogP contribution is -2.29. The molecule has 0 fully saturated rings. The van der Waals surface area contributed by atoms with Crippen LogP contribution < -0.4 is 15.4 Å². The summed E-state index contributed by atoms with van der Waals surface area (Å²) in [4.78, 5) is 8.49. The summed E-state index contributed by atoms with van der Waals surface area (Å²) in [7, 11) is -3.66. The van der Waals surface area contributed by atoms with Crippen molar-refractivity contribution in [1.29, 1.82) is 0 Å². The first-order chi connectivity index (χ1) is 11.4. The van der Waals surface area contributed by atoms with E-state index in [1.54, 1.807) is 13.0 Å². The Morgan fingerprint density at radius 2 is 1.67 bits per heavy atom. The van der Waals surface area contributed by atoms with Gasteiger partial charge in [0.25, 0.3) is 0 Å². The fourth-order valence-electron chi connectivity index (χ4n) is 2.00. The lowest BCUT2D eigenvalue weighted by molar-refractivity contribution is 0.582. The third kappa shape index (κ3) is 5.14. The zero-order chi connectivity index (χ0) is 17.6. The number of sulfonamides is 1. The summed E-state index contributed by atoms with van der Waals surface area (Å²) in [5.41, 5.74) is 0. The van der Waals surface area contributed by atoms with Crippen LogP contribution in [0, 0.1) is 12.7 Å². The van der Waals surface area contributed by atoms with Crippen molar-refractivity contribution in [3.63, 3.8) is 0 Å². The molecule has 0 saturated carbocycles. The van der Waals surface area contributed by atoms with Gasteiger partial charge in [0.2, 0.25) is 10.0 Å². The van der Waals surface area contributed by atoms with Crippen LogP contribution in [-0.4, -0.2) is 38.0 Å². The molecule has 0 aliphatic heterocycles. The maximum atomic E-state index is 12.8. The quantitative estimate of drug-likeness (QED) is 0.626. The highest BCUT2D eigenvalue weighted by Crippen LogP contribution is 2.11. The number of nitrogens with one attached hydrogen (secondary N) is 3. The number of aromatic nitrogens is 2. The Bertz CT molecular complexity index is 781. The number of aryl methyl sites for hydroxylation is 1. The van der Waals surface area contributed by atoms with Crippen LogP contribution in [0.2, 0.25) is 0 Å². The Labute approximate surface area is 140 Å². The minimum Gasteiger partial charge on any atom is -0.370 e. The summed E-state index contributed by atoms with van der Waals surface area (Å²) in [5, 5.41) is 6.14. The van der Waals surface area contributed by atoms with Crippen molar-refractivity contribution in [3.8, 4) is 0 Å². The van der Waals surface area contributed by atoms with E-state index in [-0.39, 0.29) is 11.4 Å². The van der Waals surface area contributed by atoms with Crippen LogP contribution in [-0.2, 0) is 10.0 Å². The molecule has 1 aromatic carbocycles. The molecular formula is C15H20FN5O2S. The molecule has 9 heteroatoms. The predicted octanol–water partition coefficient (Wildman–Crippen LogP) is 1.75. The van der Waals surface area contributed by atoms with Crippen molar-refractivity contribution >= 4 is 21.7 Å². The maximum Gasteiger partial charge on any atom is 0.240 e. The van der Waals surface area contributed by atoms with Gasteiger partial charge in [0.1, 0.15) is 23.3 Å². The summed E-state index contributed by atoms with van der Waals surface area (Å²) in [6, 6.07) is 6.42. The molecule has 0 aliphatic rings. The second-order valence-corrected chi connectivity index (χ2v) is 6.76. The van der Waals surface area contributed by atoms with Crippen molar-refractivity contribution in [2.24, 2.45) is 0 Å². The average Bonchev–Trinajstić information content (AvgIpc) is 2.52. The third-order valence-corrected chi connectivity index (χ3v) is 4.52. The van der Waals surface area contributed by atoms with E-state index in [1.807, 2.05) is 6.92 Å². The Kier molecular flexibility index (Phi) is 6.04. The highest BCUT2D eigenvalue weighted by atomic mass is 32.2. The van der Waals surface area contributed by atoms with E-state index in [0.717, 1.165) is 18.7 Å². The lowest BCUT2D eigenvalue weighted by Gasteiger charge is -2.10. The van der Waals surface area contributed by atoms with Gasteiger partial charge >= 0.3 is 0 Å². The number of hydrogen-bond donors (Lipinski definition) is 3. The molecule has 1 heterocycles. The second-order valence-electron chi connectivity index (χ2n) is 4.99. The van der Waals surface area contributed by atoms with E-state index in [1.165, 1.54) is 12.1 Å². The normalized spacial score (nSPS) is 11.3. The Morgan fingerprint density at radius 1 is 1.04 bits per heavy atom. The van der Waals surface area contributed by atoms with Gasteiger partial charge in [0.05, 0.1) is 4.90 Å². The van der Waals surface area contributed by atoms with Crippen molar-refractivity contribution in [3.05, 3.63) is 42.0 Å². The smallest absolute Gasteiger partial charge is 0.240 e. The Hall–Kier alpha value is -2.26. The van der Waals surface area contributed by atoms with E-state index in [2.05, 4.69) is 25.3 Å². The molecule has 24 heavy (non-hydrogen) atoms. The van der Waals surface area contributed by atoms with Gasteiger partial charge in [0.15, 0.2) is 0 Å². The van der Waals surface area contributed by atoms with E-state index < -0.39 is 15.8 Å². The van der Waals surface area contributed by atoms with Gasteiger partial charge in [-0.2, -0.15) is 0 Å². The van der Waals surface area contributed by atoms with Crippen molar-refractivity contribution in [2.45, 2.75) is 18.7 Å². The van der Waals surface area contributed by atoms with Crippen LogP contribution in [0.4, 0.5) is 16.0 Å². The maximum absolute atomic E-state index is 12.8. The van der Waals surface area contributed by atoms with Gasteiger partial charge in [-0.05, 0) is 38.1 Å². The zero-order valence-corrected chi connectivity index (χ0v) is 14.3. The van der Waals surface area contributed by atoms with Crippen molar-refractivity contribution in [2.75, 3.05) is 30.3 Å². The summed E-state index contributed by atoms with van der Waals surface area (Å²) < 4.78 is 39.4. The summed E-state index contributed by atoms with van der Waals surface area (Å²) >= 11 is 0. The van der Waals surface area contributed by atoms with Crippen LogP contribution in [0.3, 0.4) is 0 Å². The van der Waals surface area contributed by atoms with Gasteiger partial charge in [-0.25, -0.2) is 27.5 Å². The van der Waals surface area contributed by atoms with Gasteiger partial charge in [0, 0.05) is 25.7 Å². The van der Waals surface area contributed by atoms with E-state index in [9.17, 15) is 12.8 Å². The molecule has 0 unspecified atom stereocenters. The number of halogens is 1. The predicted molar refractivity (Wildman–Crippen MR) is 91.0 cm³/mol. The topological polar surface area (TPSA) is 96.0 Å². The summed E-state index contributed by atoms with van der Waals surface area (Å²) in [6.07, 6.45) is 0. The van der Waals surface area contributed by atoms with Crippen molar-refractivity contribution < 1.29 is 12.8 Å². The van der Waals surface area contributed by atoms with Gasteiger partial charge in [-0.3, -0.25) is 0 Å². The second kappa shape index (κ2) is 8.02. The number of nitrogens with zero attached hydrogens (tertiary/aromatic N) is 2. The molecule has 130 valence electrons. The molecule has 0 aliphatic carbocycles. The third-order valence-electron chi connectivity index (χ3n) is 3.04. The van der Waals surface area contributed by atoms with Crippen molar-refractivity contribution in [1.82, 2.24) is 14.7 Å². The largest absolute Gasteiger partial charge is 0.370 e. The number of anilines is 2. The van der Waals surface area contributed by atoms with Gasteiger partial charge < -0.3 is 10.6 Å². The Morgan fingerprint density at radius 3 is 2.29 bits per heavy atom. The first-order valence-corrected chi connectivity index (χ1v) is 8.97. The molecular weight excluding hydrogens is 333 g/mol.